The third-order valence-corrected chi connectivity index (χ3v) is 10.7. The molecule has 5 heteroatoms. The molecule has 1 aliphatic heterocycles. The molecule has 4 saturated carbocycles. The van der Waals surface area contributed by atoms with Gasteiger partial charge in [-0.25, -0.2) is 4.79 Å². The predicted octanol–water partition coefficient (Wildman–Crippen LogP) is 4.81. The maximum absolute atomic E-state index is 12.1. The van der Waals surface area contributed by atoms with Gasteiger partial charge in [0.25, 0.3) is 0 Å². The van der Waals surface area contributed by atoms with Crippen molar-refractivity contribution in [2.45, 2.75) is 104 Å². The van der Waals surface area contributed by atoms with Gasteiger partial charge >= 0.3 is 11.9 Å². The SMILES string of the molecule is CC(=O)O[C@@H]1C[C@@H]2[C@H](CCC3[C@@]4(C)CCCC(C)(C)C4CC[C@]32C)[C@@H](O)[C@H]2OC(=O)C=C12. The van der Waals surface area contributed by atoms with Crippen molar-refractivity contribution in [1.29, 1.82) is 0 Å². The predicted molar refractivity (Wildman–Crippen MR) is 120 cm³/mol. The molecule has 32 heavy (non-hydrogen) atoms. The zero-order valence-corrected chi connectivity index (χ0v) is 20.4. The number of carbonyl (C=O) groups excluding carboxylic acids is 2. The van der Waals surface area contributed by atoms with E-state index >= 15 is 0 Å². The molecular formula is C27H40O5. The summed E-state index contributed by atoms with van der Waals surface area (Å²) >= 11 is 0. The number of aliphatic hydroxyl groups excluding tert-OH is 1. The van der Waals surface area contributed by atoms with Crippen molar-refractivity contribution < 1.29 is 24.2 Å². The molecule has 4 fully saturated rings. The Hall–Kier alpha value is -1.36. The smallest absolute Gasteiger partial charge is 0.331 e. The third kappa shape index (κ3) is 3.13. The summed E-state index contributed by atoms with van der Waals surface area (Å²) in [7, 11) is 0. The van der Waals surface area contributed by atoms with Gasteiger partial charge < -0.3 is 14.6 Å². The average molecular weight is 445 g/mol. The zero-order valence-electron chi connectivity index (χ0n) is 20.4. The van der Waals surface area contributed by atoms with Crippen molar-refractivity contribution >= 4 is 11.9 Å². The molecule has 1 N–H and O–H groups in total. The minimum Gasteiger partial charge on any atom is -0.458 e. The first-order valence-electron chi connectivity index (χ1n) is 12.7. The minimum absolute atomic E-state index is 0.0628. The van der Waals surface area contributed by atoms with Crippen LogP contribution in [0.25, 0.3) is 0 Å². The van der Waals surface area contributed by atoms with Gasteiger partial charge in [0, 0.05) is 18.6 Å². The molecule has 178 valence electrons. The van der Waals surface area contributed by atoms with E-state index < -0.39 is 24.3 Å². The van der Waals surface area contributed by atoms with Crippen LogP contribution < -0.4 is 0 Å². The van der Waals surface area contributed by atoms with E-state index in [1.807, 2.05) is 0 Å². The number of rotatable bonds is 1. The van der Waals surface area contributed by atoms with Crippen LogP contribution in [0.5, 0.6) is 0 Å². The Balaban J connectivity index is 1.54. The van der Waals surface area contributed by atoms with Crippen LogP contribution in [0.2, 0.25) is 0 Å². The Kier molecular flexibility index (Phi) is 5.13. The fourth-order valence-electron chi connectivity index (χ4n) is 9.59. The number of fused-ring (bicyclic) bond motifs is 6. The van der Waals surface area contributed by atoms with Crippen molar-refractivity contribution in [3.05, 3.63) is 11.6 Å². The van der Waals surface area contributed by atoms with E-state index in [1.54, 1.807) is 0 Å². The van der Waals surface area contributed by atoms with Gasteiger partial charge in [0.1, 0.15) is 6.10 Å². The highest BCUT2D eigenvalue weighted by Crippen LogP contribution is 2.70. The van der Waals surface area contributed by atoms with Gasteiger partial charge in [-0.15, -0.1) is 0 Å². The first-order chi connectivity index (χ1) is 15.0. The molecule has 0 saturated heterocycles. The van der Waals surface area contributed by atoms with E-state index in [4.69, 9.17) is 9.47 Å². The monoisotopic (exact) mass is 444 g/mol. The Morgan fingerprint density at radius 2 is 1.81 bits per heavy atom. The van der Waals surface area contributed by atoms with Crippen LogP contribution in [0.4, 0.5) is 0 Å². The summed E-state index contributed by atoms with van der Waals surface area (Å²) in [6, 6.07) is 0. The second-order valence-electron chi connectivity index (χ2n) is 12.7. The highest BCUT2D eigenvalue weighted by molar-refractivity contribution is 5.86. The Morgan fingerprint density at radius 3 is 2.53 bits per heavy atom. The second-order valence-corrected chi connectivity index (χ2v) is 12.7. The average Bonchev–Trinajstić information content (AvgIpc) is 3.03. The number of aliphatic hydroxyl groups is 1. The highest BCUT2D eigenvalue weighted by atomic mass is 16.6. The van der Waals surface area contributed by atoms with Gasteiger partial charge in [-0.3, -0.25) is 4.79 Å². The Bertz CT molecular complexity index is 845. The van der Waals surface area contributed by atoms with Gasteiger partial charge in [-0.2, -0.15) is 0 Å². The number of ether oxygens (including phenoxy) is 2. The molecule has 0 spiro atoms. The van der Waals surface area contributed by atoms with Crippen molar-refractivity contribution in [3.63, 3.8) is 0 Å². The van der Waals surface area contributed by atoms with E-state index in [2.05, 4.69) is 27.7 Å². The first kappa shape index (κ1) is 22.4. The topological polar surface area (TPSA) is 72.8 Å². The lowest BCUT2D eigenvalue weighted by atomic mass is 9.38. The maximum atomic E-state index is 12.1. The summed E-state index contributed by atoms with van der Waals surface area (Å²) in [5, 5.41) is 11.5. The van der Waals surface area contributed by atoms with Crippen LogP contribution in [-0.2, 0) is 19.1 Å². The number of esters is 2. The molecule has 0 aromatic heterocycles. The van der Waals surface area contributed by atoms with Crippen LogP contribution >= 0.6 is 0 Å². The number of hydrogen-bond donors (Lipinski definition) is 1. The second kappa shape index (κ2) is 7.32. The molecule has 0 aromatic carbocycles. The van der Waals surface area contributed by atoms with Gasteiger partial charge in [0.05, 0.1) is 6.10 Å². The van der Waals surface area contributed by atoms with E-state index in [-0.39, 0.29) is 23.2 Å². The van der Waals surface area contributed by atoms with Crippen LogP contribution in [0.15, 0.2) is 11.6 Å². The third-order valence-electron chi connectivity index (χ3n) is 10.7. The Morgan fingerprint density at radius 1 is 1.06 bits per heavy atom. The molecule has 0 amide bonds. The zero-order chi connectivity index (χ0) is 23.1. The standard InChI is InChI=1S/C27H40O5/c1-15(28)31-19-14-18-16(23(30)24-17(19)13-22(29)32-24)7-8-21-26(18,4)12-9-20-25(2,3)10-6-11-27(20,21)5/h13,16,18-21,23-24,30H,6-12,14H2,1-5H3/t16-,18+,19+,20?,21?,23+,24-,26-,27-/m0/s1. The molecular weight excluding hydrogens is 404 g/mol. The Labute approximate surface area is 192 Å². The molecule has 4 aliphatic carbocycles. The lowest BCUT2D eigenvalue weighted by Gasteiger charge is -2.67. The molecule has 9 atom stereocenters. The molecule has 2 unspecified atom stereocenters. The molecule has 0 aromatic rings. The summed E-state index contributed by atoms with van der Waals surface area (Å²) < 4.78 is 11.3. The van der Waals surface area contributed by atoms with Crippen LogP contribution in [0.3, 0.4) is 0 Å². The minimum atomic E-state index is -0.732. The normalized spacial score (nSPS) is 49.4. The van der Waals surface area contributed by atoms with E-state index in [0.29, 0.717) is 28.7 Å². The first-order valence-corrected chi connectivity index (χ1v) is 12.7. The van der Waals surface area contributed by atoms with Gasteiger partial charge in [0.2, 0.25) is 0 Å². The van der Waals surface area contributed by atoms with Crippen molar-refractivity contribution in [2.24, 2.45) is 39.9 Å². The van der Waals surface area contributed by atoms with Crippen LogP contribution in [-0.4, -0.2) is 35.4 Å². The van der Waals surface area contributed by atoms with E-state index in [0.717, 1.165) is 25.2 Å². The van der Waals surface area contributed by atoms with Crippen molar-refractivity contribution in [1.82, 2.24) is 0 Å². The fraction of sp³-hybridized carbons (Fsp3) is 0.852. The van der Waals surface area contributed by atoms with Crippen LogP contribution in [0, 0.1) is 39.9 Å². The van der Waals surface area contributed by atoms with Gasteiger partial charge in [-0.05, 0) is 84.9 Å². The molecule has 0 radical (unpaired) electrons. The summed E-state index contributed by atoms with van der Waals surface area (Å²) in [4.78, 5) is 24.0. The highest BCUT2D eigenvalue weighted by Gasteiger charge is 2.64. The maximum Gasteiger partial charge on any atom is 0.331 e. The van der Waals surface area contributed by atoms with Crippen molar-refractivity contribution in [2.75, 3.05) is 0 Å². The molecule has 5 rings (SSSR count). The summed E-state index contributed by atoms with van der Waals surface area (Å²) in [6.45, 7) is 11.4. The number of hydrogen-bond acceptors (Lipinski definition) is 5. The molecule has 5 aliphatic rings. The molecule has 5 nitrogen and oxygen atoms in total. The van der Waals surface area contributed by atoms with Crippen molar-refractivity contribution in [3.8, 4) is 0 Å². The summed E-state index contributed by atoms with van der Waals surface area (Å²) in [6.07, 6.45) is 8.60. The molecule has 1 heterocycles. The summed E-state index contributed by atoms with van der Waals surface area (Å²) in [5.41, 5.74) is 1.44. The quantitative estimate of drug-likeness (QED) is 0.588. The lowest BCUT2D eigenvalue weighted by Crippen LogP contribution is -2.60. The van der Waals surface area contributed by atoms with Gasteiger partial charge in [0.15, 0.2) is 6.10 Å². The van der Waals surface area contributed by atoms with E-state index in [1.165, 1.54) is 38.7 Å². The van der Waals surface area contributed by atoms with Gasteiger partial charge in [-0.1, -0.05) is 34.1 Å². The largest absolute Gasteiger partial charge is 0.458 e. The molecule has 0 bridgehead atoms. The fourth-order valence-corrected chi connectivity index (χ4v) is 9.59. The summed E-state index contributed by atoms with van der Waals surface area (Å²) in [5.74, 6) is 0.873. The van der Waals surface area contributed by atoms with Crippen LogP contribution in [0.1, 0.15) is 86.0 Å². The lowest BCUT2D eigenvalue weighted by molar-refractivity contribution is -0.191. The number of carbonyl (C=O) groups is 2. The van der Waals surface area contributed by atoms with E-state index in [9.17, 15) is 14.7 Å².